The van der Waals surface area contributed by atoms with Gasteiger partial charge in [0.05, 0.1) is 31.7 Å². The van der Waals surface area contributed by atoms with Crippen LogP contribution < -0.4 is 5.32 Å². The van der Waals surface area contributed by atoms with E-state index in [2.05, 4.69) is 10.3 Å². The molecular weight excluding hydrogens is 533 g/mol. The van der Waals surface area contributed by atoms with E-state index in [0.29, 0.717) is 17.4 Å². The molecule has 4 rings (SSSR count). The van der Waals surface area contributed by atoms with Gasteiger partial charge in [0.2, 0.25) is 0 Å². The molecule has 9 nitrogen and oxygen atoms in total. The van der Waals surface area contributed by atoms with Gasteiger partial charge in [0, 0.05) is 24.1 Å². The Bertz CT molecular complexity index is 1260. The maximum Gasteiger partial charge on any atom is 0.303 e. The topological polar surface area (TPSA) is 112 Å². The summed E-state index contributed by atoms with van der Waals surface area (Å²) in [6.45, 7) is 5.16. The summed E-state index contributed by atoms with van der Waals surface area (Å²) >= 11 is 12.4. The quantitative estimate of drug-likeness (QED) is 0.369. The molecule has 11 heteroatoms. The van der Waals surface area contributed by atoms with Gasteiger partial charge in [0.1, 0.15) is 5.15 Å². The number of carbonyl (C=O) groups excluding carboxylic acids is 2. The molecule has 1 saturated heterocycles. The molecule has 0 aliphatic carbocycles. The van der Waals surface area contributed by atoms with Crippen LogP contribution in [0.5, 0.6) is 0 Å². The summed E-state index contributed by atoms with van der Waals surface area (Å²) in [5.41, 5.74) is 3.04. The minimum atomic E-state index is -0.916. The molecule has 1 amide bonds. The number of amides is 1. The normalized spacial score (nSPS) is 22.1. The Morgan fingerprint density at radius 1 is 1.11 bits per heavy atom. The lowest BCUT2D eigenvalue weighted by Crippen LogP contribution is -2.39. The SMILES string of the molecule is CC(=O)OC(C)C(=O)Nc1ccc(C2OC(Cn3cnc(Cl)c3Cl)C(C)C(c3ccc(CO)cc3)O2)cc1. The number of anilines is 1. The van der Waals surface area contributed by atoms with Gasteiger partial charge >= 0.3 is 5.97 Å². The maximum atomic E-state index is 12.3. The van der Waals surface area contributed by atoms with Crippen molar-refractivity contribution in [3.05, 3.63) is 81.9 Å². The van der Waals surface area contributed by atoms with E-state index in [1.165, 1.54) is 13.8 Å². The minimum Gasteiger partial charge on any atom is -0.453 e. The van der Waals surface area contributed by atoms with Gasteiger partial charge in [0.25, 0.3) is 5.91 Å². The Morgan fingerprint density at radius 2 is 1.76 bits per heavy atom. The molecule has 2 heterocycles. The zero-order valence-corrected chi connectivity index (χ0v) is 22.6. The first kappa shape index (κ1) is 28.1. The molecule has 5 unspecified atom stereocenters. The first-order valence-electron chi connectivity index (χ1n) is 12.1. The molecule has 1 aromatic heterocycles. The van der Waals surface area contributed by atoms with Crippen LogP contribution in [-0.2, 0) is 37.0 Å². The van der Waals surface area contributed by atoms with Crippen LogP contribution in [0.25, 0.3) is 0 Å². The van der Waals surface area contributed by atoms with Crippen molar-refractivity contribution in [3.8, 4) is 0 Å². The molecule has 2 N–H and O–H groups in total. The number of rotatable bonds is 8. The van der Waals surface area contributed by atoms with Crippen molar-refractivity contribution < 1.29 is 28.9 Å². The summed E-state index contributed by atoms with van der Waals surface area (Å²) in [5.74, 6) is -1.03. The summed E-state index contributed by atoms with van der Waals surface area (Å²) in [6.07, 6.45) is -0.664. The number of carbonyl (C=O) groups is 2. The number of hydrogen-bond donors (Lipinski definition) is 2. The van der Waals surface area contributed by atoms with Crippen molar-refractivity contribution in [1.29, 1.82) is 0 Å². The molecule has 1 fully saturated rings. The van der Waals surface area contributed by atoms with Gasteiger partial charge in [-0.1, -0.05) is 66.5 Å². The van der Waals surface area contributed by atoms with Crippen molar-refractivity contribution >= 4 is 40.8 Å². The summed E-state index contributed by atoms with van der Waals surface area (Å²) in [4.78, 5) is 27.5. The van der Waals surface area contributed by atoms with Crippen LogP contribution >= 0.6 is 23.2 Å². The van der Waals surface area contributed by atoms with Gasteiger partial charge in [-0.25, -0.2) is 4.98 Å². The fourth-order valence-electron chi connectivity index (χ4n) is 4.26. The van der Waals surface area contributed by atoms with Gasteiger partial charge in [0.15, 0.2) is 17.5 Å². The molecule has 202 valence electrons. The Kier molecular flexibility index (Phi) is 9.07. The number of aliphatic hydroxyl groups excluding tert-OH is 1. The lowest BCUT2D eigenvalue weighted by atomic mass is 9.90. The number of imidazole rings is 1. The van der Waals surface area contributed by atoms with Gasteiger partial charge in [-0.2, -0.15) is 0 Å². The molecule has 5 atom stereocenters. The number of benzene rings is 2. The van der Waals surface area contributed by atoms with Crippen molar-refractivity contribution in [1.82, 2.24) is 9.55 Å². The van der Waals surface area contributed by atoms with Crippen LogP contribution in [0.4, 0.5) is 5.69 Å². The third-order valence-electron chi connectivity index (χ3n) is 6.40. The maximum absolute atomic E-state index is 12.3. The molecule has 0 radical (unpaired) electrons. The first-order valence-corrected chi connectivity index (χ1v) is 12.9. The first-order chi connectivity index (χ1) is 18.2. The molecule has 3 aromatic rings. The fraction of sp³-hybridized carbons (Fsp3) is 0.370. The monoisotopic (exact) mass is 561 g/mol. The summed E-state index contributed by atoms with van der Waals surface area (Å²) < 4.78 is 19.5. The van der Waals surface area contributed by atoms with Gasteiger partial charge in [-0.3, -0.25) is 9.59 Å². The van der Waals surface area contributed by atoms with Gasteiger partial charge in [-0.05, 0) is 30.2 Å². The van der Waals surface area contributed by atoms with E-state index in [-0.39, 0.29) is 29.9 Å². The summed E-state index contributed by atoms with van der Waals surface area (Å²) in [7, 11) is 0. The molecule has 2 aromatic carbocycles. The Labute approximate surface area is 230 Å². The number of nitrogens with one attached hydrogen (secondary N) is 1. The Hall–Kier alpha value is -2.95. The van der Waals surface area contributed by atoms with E-state index in [9.17, 15) is 14.7 Å². The second-order valence-electron chi connectivity index (χ2n) is 9.16. The standard InChI is InChI=1S/C27H29Cl2N3O6/c1-15-22(12-32-14-30-24(28)25(32)29)37-27(38-23(15)19-6-4-18(13-33)5-7-19)20-8-10-21(11-9-20)31-26(35)16(2)36-17(3)34/h4-11,14-16,22-23,27,33H,12-13H2,1-3H3,(H,31,35). The van der Waals surface area contributed by atoms with Crippen LogP contribution in [0.1, 0.15) is 49.9 Å². The number of hydrogen-bond acceptors (Lipinski definition) is 7. The molecule has 38 heavy (non-hydrogen) atoms. The molecule has 0 spiro atoms. The van der Waals surface area contributed by atoms with E-state index in [1.807, 2.05) is 31.2 Å². The number of esters is 1. The Morgan fingerprint density at radius 3 is 2.34 bits per heavy atom. The lowest BCUT2D eigenvalue weighted by molar-refractivity contribution is -0.276. The minimum absolute atomic E-state index is 0.0435. The van der Waals surface area contributed by atoms with Crippen molar-refractivity contribution in [2.45, 2.75) is 58.5 Å². The predicted molar refractivity (Wildman–Crippen MR) is 142 cm³/mol. The highest BCUT2D eigenvalue weighted by Gasteiger charge is 2.39. The molecule has 0 saturated carbocycles. The fourth-order valence-corrected chi connectivity index (χ4v) is 4.58. The molecular formula is C27H29Cl2N3O6. The number of ether oxygens (including phenoxy) is 3. The zero-order valence-electron chi connectivity index (χ0n) is 21.1. The van der Waals surface area contributed by atoms with Crippen molar-refractivity contribution in [3.63, 3.8) is 0 Å². The average molecular weight is 562 g/mol. The highest BCUT2D eigenvalue weighted by Crippen LogP contribution is 2.42. The molecule has 1 aliphatic heterocycles. The smallest absolute Gasteiger partial charge is 0.303 e. The van der Waals surface area contributed by atoms with Crippen LogP contribution in [0, 0.1) is 5.92 Å². The number of halogens is 2. The van der Waals surface area contributed by atoms with E-state index < -0.39 is 24.3 Å². The molecule has 1 aliphatic rings. The third kappa shape index (κ3) is 6.54. The highest BCUT2D eigenvalue weighted by molar-refractivity contribution is 6.40. The van der Waals surface area contributed by atoms with Crippen LogP contribution in [-0.4, -0.2) is 38.7 Å². The average Bonchev–Trinajstić information content (AvgIpc) is 3.22. The van der Waals surface area contributed by atoms with Crippen molar-refractivity contribution in [2.75, 3.05) is 5.32 Å². The van der Waals surface area contributed by atoms with Crippen molar-refractivity contribution in [2.24, 2.45) is 5.92 Å². The summed E-state index contributed by atoms with van der Waals surface area (Å²) in [5, 5.41) is 12.7. The molecule has 0 bridgehead atoms. The second-order valence-corrected chi connectivity index (χ2v) is 9.88. The number of nitrogens with zero attached hydrogens (tertiary/aromatic N) is 2. The van der Waals surface area contributed by atoms with E-state index in [4.69, 9.17) is 37.4 Å². The predicted octanol–water partition coefficient (Wildman–Crippen LogP) is 5.06. The largest absolute Gasteiger partial charge is 0.453 e. The third-order valence-corrected chi connectivity index (χ3v) is 7.16. The van der Waals surface area contributed by atoms with E-state index in [1.54, 1.807) is 35.2 Å². The van der Waals surface area contributed by atoms with Gasteiger partial charge in [-0.15, -0.1) is 0 Å². The van der Waals surface area contributed by atoms with Crippen LogP contribution in [0.15, 0.2) is 54.9 Å². The number of aromatic nitrogens is 2. The zero-order chi connectivity index (χ0) is 27.4. The highest BCUT2D eigenvalue weighted by atomic mass is 35.5. The van der Waals surface area contributed by atoms with Crippen LogP contribution in [0.2, 0.25) is 10.3 Å². The van der Waals surface area contributed by atoms with Gasteiger partial charge < -0.3 is 29.2 Å². The van der Waals surface area contributed by atoms with E-state index in [0.717, 1.165) is 16.7 Å². The van der Waals surface area contributed by atoms with E-state index >= 15 is 0 Å². The van der Waals surface area contributed by atoms with Crippen LogP contribution in [0.3, 0.4) is 0 Å². The number of aliphatic hydroxyl groups is 1. The Balaban J connectivity index is 1.56. The summed E-state index contributed by atoms with van der Waals surface area (Å²) in [6, 6.07) is 14.7. The second kappa shape index (κ2) is 12.3. The lowest BCUT2D eigenvalue weighted by Gasteiger charge is -2.41.